The Morgan fingerprint density at radius 3 is 2.38 bits per heavy atom. The zero-order valence-corrected chi connectivity index (χ0v) is 12.4. The molecule has 1 unspecified atom stereocenters. The number of hydrogen-bond donors (Lipinski definition) is 1. The van der Waals surface area contributed by atoms with E-state index in [1.165, 1.54) is 0 Å². The molecule has 0 aliphatic rings. The van der Waals surface area contributed by atoms with Gasteiger partial charge >= 0.3 is 0 Å². The third-order valence-corrected chi connectivity index (χ3v) is 3.09. The van der Waals surface area contributed by atoms with Crippen LogP contribution in [0.2, 0.25) is 0 Å². The van der Waals surface area contributed by atoms with Crippen molar-refractivity contribution in [3.63, 3.8) is 0 Å². The maximum absolute atomic E-state index is 6.17. The Morgan fingerprint density at radius 2 is 1.71 bits per heavy atom. The van der Waals surface area contributed by atoms with E-state index < -0.39 is 0 Å². The van der Waals surface area contributed by atoms with Gasteiger partial charge in [-0.25, -0.2) is 0 Å². The summed E-state index contributed by atoms with van der Waals surface area (Å²) in [7, 11) is 1.64. The quantitative estimate of drug-likeness (QED) is 0.850. The van der Waals surface area contributed by atoms with Gasteiger partial charge in [-0.1, -0.05) is 24.3 Å². The number of rotatable bonds is 7. The van der Waals surface area contributed by atoms with Gasteiger partial charge in [0.05, 0.1) is 19.8 Å². The molecule has 2 aromatic rings. The molecule has 0 bridgehead atoms. The van der Waals surface area contributed by atoms with Crippen LogP contribution in [0.5, 0.6) is 17.2 Å². The van der Waals surface area contributed by atoms with Crippen molar-refractivity contribution < 1.29 is 14.2 Å². The standard InChI is InChI=1S/C17H21NO3/c1-3-20-16-9-4-5-10-17(16)21-12-15(18)13-7-6-8-14(11-13)19-2/h4-11,15H,3,12,18H2,1-2H3. The van der Waals surface area contributed by atoms with Gasteiger partial charge in [0, 0.05) is 0 Å². The molecule has 2 N–H and O–H groups in total. The van der Waals surface area contributed by atoms with Crippen LogP contribution in [-0.2, 0) is 0 Å². The van der Waals surface area contributed by atoms with E-state index in [4.69, 9.17) is 19.9 Å². The topological polar surface area (TPSA) is 53.7 Å². The molecule has 0 radical (unpaired) electrons. The summed E-state index contributed by atoms with van der Waals surface area (Å²) in [6, 6.07) is 15.1. The number of ether oxygens (including phenoxy) is 3. The van der Waals surface area contributed by atoms with Gasteiger partial charge in [0.25, 0.3) is 0 Å². The first-order valence-corrected chi connectivity index (χ1v) is 6.98. The summed E-state index contributed by atoms with van der Waals surface area (Å²) in [5.41, 5.74) is 7.14. The predicted octanol–water partition coefficient (Wildman–Crippen LogP) is 3.17. The fourth-order valence-corrected chi connectivity index (χ4v) is 1.99. The highest BCUT2D eigenvalue weighted by atomic mass is 16.5. The molecule has 0 heterocycles. The molecule has 0 aliphatic heterocycles. The molecular formula is C17H21NO3. The third kappa shape index (κ3) is 4.13. The lowest BCUT2D eigenvalue weighted by Gasteiger charge is -2.16. The second-order valence-electron chi connectivity index (χ2n) is 4.57. The van der Waals surface area contributed by atoms with Crippen LogP contribution in [0.3, 0.4) is 0 Å². The number of benzene rings is 2. The molecule has 1 atom stereocenters. The Bertz CT molecular complexity index is 571. The molecule has 0 aliphatic carbocycles. The second kappa shape index (κ2) is 7.55. The Morgan fingerprint density at radius 1 is 1.00 bits per heavy atom. The molecule has 112 valence electrons. The minimum absolute atomic E-state index is 0.227. The minimum Gasteiger partial charge on any atom is -0.497 e. The average molecular weight is 287 g/mol. The Labute approximate surface area is 125 Å². The molecule has 21 heavy (non-hydrogen) atoms. The van der Waals surface area contributed by atoms with Gasteiger partial charge in [-0.2, -0.15) is 0 Å². The van der Waals surface area contributed by atoms with Crippen molar-refractivity contribution >= 4 is 0 Å². The Hall–Kier alpha value is -2.20. The highest BCUT2D eigenvalue weighted by molar-refractivity contribution is 5.39. The molecule has 0 aromatic heterocycles. The number of nitrogens with two attached hydrogens (primary N) is 1. The summed E-state index contributed by atoms with van der Waals surface area (Å²) < 4.78 is 16.5. The highest BCUT2D eigenvalue weighted by Crippen LogP contribution is 2.27. The van der Waals surface area contributed by atoms with Gasteiger partial charge in [0.15, 0.2) is 11.5 Å². The molecule has 2 aromatic carbocycles. The van der Waals surface area contributed by atoms with Gasteiger partial charge in [-0.05, 0) is 36.8 Å². The SMILES string of the molecule is CCOc1ccccc1OCC(N)c1cccc(OC)c1. The van der Waals surface area contributed by atoms with E-state index in [-0.39, 0.29) is 6.04 Å². The first kappa shape index (κ1) is 15.2. The van der Waals surface area contributed by atoms with Crippen LogP contribution in [-0.4, -0.2) is 20.3 Å². The van der Waals surface area contributed by atoms with Crippen LogP contribution < -0.4 is 19.9 Å². The van der Waals surface area contributed by atoms with Crippen molar-refractivity contribution in [1.82, 2.24) is 0 Å². The number of methoxy groups -OCH3 is 1. The lowest BCUT2D eigenvalue weighted by Crippen LogP contribution is -2.19. The van der Waals surface area contributed by atoms with Crippen molar-refractivity contribution in [2.45, 2.75) is 13.0 Å². The smallest absolute Gasteiger partial charge is 0.161 e. The molecule has 0 fully saturated rings. The normalized spacial score (nSPS) is 11.8. The van der Waals surface area contributed by atoms with E-state index in [0.717, 1.165) is 17.1 Å². The molecule has 0 spiro atoms. The third-order valence-electron chi connectivity index (χ3n) is 3.09. The van der Waals surface area contributed by atoms with Crippen molar-refractivity contribution in [1.29, 1.82) is 0 Å². The van der Waals surface area contributed by atoms with Crippen molar-refractivity contribution in [3.8, 4) is 17.2 Å². The molecule has 0 saturated carbocycles. The maximum Gasteiger partial charge on any atom is 0.161 e. The largest absolute Gasteiger partial charge is 0.497 e. The lowest BCUT2D eigenvalue weighted by atomic mass is 10.1. The Kier molecular flexibility index (Phi) is 5.46. The summed E-state index contributed by atoms with van der Waals surface area (Å²) >= 11 is 0. The predicted molar refractivity (Wildman–Crippen MR) is 83.0 cm³/mol. The van der Waals surface area contributed by atoms with Crippen LogP contribution in [0.1, 0.15) is 18.5 Å². The highest BCUT2D eigenvalue weighted by Gasteiger charge is 2.10. The van der Waals surface area contributed by atoms with Gasteiger partial charge in [-0.15, -0.1) is 0 Å². The van der Waals surface area contributed by atoms with Gasteiger partial charge in [0.1, 0.15) is 12.4 Å². The fraction of sp³-hybridized carbons (Fsp3) is 0.294. The van der Waals surface area contributed by atoms with E-state index in [0.29, 0.717) is 19.0 Å². The van der Waals surface area contributed by atoms with Gasteiger partial charge < -0.3 is 19.9 Å². The first-order valence-electron chi connectivity index (χ1n) is 6.98. The summed E-state index contributed by atoms with van der Waals surface area (Å²) in [5.74, 6) is 2.23. The molecular weight excluding hydrogens is 266 g/mol. The Balaban J connectivity index is 2.02. The lowest BCUT2D eigenvalue weighted by molar-refractivity contribution is 0.261. The van der Waals surface area contributed by atoms with Crippen molar-refractivity contribution in [2.75, 3.05) is 20.3 Å². The molecule has 0 saturated heterocycles. The zero-order valence-electron chi connectivity index (χ0n) is 12.4. The summed E-state index contributed by atoms with van der Waals surface area (Å²) in [6.45, 7) is 2.92. The van der Waals surface area contributed by atoms with Crippen LogP contribution >= 0.6 is 0 Å². The molecule has 4 heteroatoms. The summed E-state index contributed by atoms with van der Waals surface area (Å²) in [4.78, 5) is 0. The van der Waals surface area contributed by atoms with Crippen LogP contribution in [0.4, 0.5) is 0 Å². The zero-order chi connectivity index (χ0) is 15.1. The minimum atomic E-state index is -0.227. The first-order chi connectivity index (χ1) is 10.2. The van der Waals surface area contributed by atoms with Gasteiger partial charge in [0.2, 0.25) is 0 Å². The molecule has 2 rings (SSSR count). The number of hydrogen-bond acceptors (Lipinski definition) is 4. The van der Waals surface area contributed by atoms with Crippen LogP contribution in [0, 0.1) is 0 Å². The summed E-state index contributed by atoms with van der Waals surface area (Å²) in [5, 5.41) is 0. The van der Waals surface area contributed by atoms with Crippen molar-refractivity contribution in [3.05, 3.63) is 54.1 Å². The van der Waals surface area contributed by atoms with E-state index in [9.17, 15) is 0 Å². The second-order valence-corrected chi connectivity index (χ2v) is 4.57. The average Bonchev–Trinajstić information content (AvgIpc) is 2.54. The fourth-order valence-electron chi connectivity index (χ4n) is 1.99. The number of para-hydroxylation sites is 2. The van der Waals surface area contributed by atoms with E-state index >= 15 is 0 Å². The maximum atomic E-state index is 6.17. The van der Waals surface area contributed by atoms with E-state index in [2.05, 4.69) is 0 Å². The van der Waals surface area contributed by atoms with E-state index in [1.807, 2.05) is 55.5 Å². The van der Waals surface area contributed by atoms with Crippen molar-refractivity contribution in [2.24, 2.45) is 5.73 Å². The molecule has 4 nitrogen and oxygen atoms in total. The summed E-state index contributed by atoms with van der Waals surface area (Å²) in [6.07, 6.45) is 0. The van der Waals surface area contributed by atoms with Gasteiger partial charge in [-0.3, -0.25) is 0 Å². The van der Waals surface area contributed by atoms with Crippen LogP contribution in [0.25, 0.3) is 0 Å². The monoisotopic (exact) mass is 287 g/mol. The van der Waals surface area contributed by atoms with Crippen LogP contribution in [0.15, 0.2) is 48.5 Å². The van der Waals surface area contributed by atoms with E-state index in [1.54, 1.807) is 7.11 Å². The molecule has 0 amide bonds.